The molecule has 1 aromatic heterocycles. The van der Waals surface area contributed by atoms with Crippen molar-refractivity contribution < 1.29 is 14.3 Å². The fourth-order valence-corrected chi connectivity index (χ4v) is 1.49. The summed E-state index contributed by atoms with van der Waals surface area (Å²) in [6.45, 7) is 3.94. The summed E-state index contributed by atoms with van der Waals surface area (Å²) >= 11 is 0. The zero-order chi connectivity index (χ0) is 15.8. The third-order valence-corrected chi connectivity index (χ3v) is 2.94. The molecule has 4 N–H and O–H groups in total. The van der Waals surface area contributed by atoms with E-state index in [4.69, 9.17) is 10.5 Å². The number of aromatic nitrogens is 1. The predicted octanol–water partition coefficient (Wildman–Crippen LogP) is -0.194. The number of pyridine rings is 1. The molecule has 0 unspecified atom stereocenters. The Balaban J connectivity index is 2.32. The fraction of sp³-hybridized carbons (Fsp3) is 0.500. The average molecular weight is 294 g/mol. The van der Waals surface area contributed by atoms with Crippen LogP contribution in [-0.2, 0) is 16.1 Å². The van der Waals surface area contributed by atoms with Crippen molar-refractivity contribution in [3.05, 3.63) is 23.9 Å². The van der Waals surface area contributed by atoms with Gasteiger partial charge < -0.3 is 21.1 Å². The molecule has 0 bridgehead atoms. The normalized spacial score (nSPS) is 11.9. The number of nitrogens with one attached hydrogen (secondary N) is 2. The SMILES string of the molecule is COc1ccc(CNC(=O)CNC(=O)[C@@H](N)C(C)C)cn1. The van der Waals surface area contributed by atoms with Crippen molar-refractivity contribution in [3.8, 4) is 5.88 Å². The first-order valence-corrected chi connectivity index (χ1v) is 6.73. The minimum Gasteiger partial charge on any atom is -0.481 e. The Bertz CT molecular complexity index is 474. The van der Waals surface area contributed by atoms with Crippen molar-refractivity contribution >= 4 is 11.8 Å². The minimum absolute atomic E-state index is 0.0263. The number of hydrogen-bond donors (Lipinski definition) is 3. The molecule has 0 aliphatic carbocycles. The Hall–Kier alpha value is -2.15. The highest BCUT2D eigenvalue weighted by molar-refractivity contribution is 5.87. The van der Waals surface area contributed by atoms with Gasteiger partial charge in [-0.15, -0.1) is 0 Å². The van der Waals surface area contributed by atoms with Crippen LogP contribution in [0.4, 0.5) is 0 Å². The lowest BCUT2D eigenvalue weighted by Crippen LogP contribution is -2.47. The summed E-state index contributed by atoms with van der Waals surface area (Å²) in [6, 6.07) is 2.91. The summed E-state index contributed by atoms with van der Waals surface area (Å²) < 4.78 is 4.94. The molecule has 116 valence electrons. The Morgan fingerprint density at radius 2 is 2.05 bits per heavy atom. The number of hydrogen-bond acceptors (Lipinski definition) is 5. The topological polar surface area (TPSA) is 106 Å². The number of carbonyl (C=O) groups excluding carboxylic acids is 2. The highest BCUT2D eigenvalue weighted by Crippen LogP contribution is 2.06. The molecule has 0 aliphatic heterocycles. The number of nitrogens with two attached hydrogens (primary N) is 1. The second kappa shape index (κ2) is 8.21. The predicted molar refractivity (Wildman–Crippen MR) is 78.5 cm³/mol. The van der Waals surface area contributed by atoms with Crippen LogP contribution in [0, 0.1) is 5.92 Å². The smallest absolute Gasteiger partial charge is 0.239 e. The summed E-state index contributed by atoms with van der Waals surface area (Å²) in [6.07, 6.45) is 1.62. The van der Waals surface area contributed by atoms with Gasteiger partial charge in [-0.2, -0.15) is 0 Å². The van der Waals surface area contributed by atoms with Crippen molar-refractivity contribution in [1.82, 2.24) is 15.6 Å². The van der Waals surface area contributed by atoms with Gasteiger partial charge in [-0.05, 0) is 11.5 Å². The second-order valence-corrected chi connectivity index (χ2v) is 4.97. The molecule has 2 amide bonds. The third-order valence-electron chi connectivity index (χ3n) is 2.94. The van der Waals surface area contributed by atoms with Gasteiger partial charge in [-0.3, -0.25) is 9.59 Å². The van der Waals surface area contributed by atoms with Crippen LogP contribution in [0.3, 0.4) is 0 Å². The standard InChI is InChI=1S/C14H22N4O3/c1-9(2)13(15)14(20)18-8-11(19)16-6-10-4-5-12(21-3)17-7-10/h4-5,7,9,13H,6,8,15H2,1-3H3,(H,16,19)(H,18,20)/t13-/m0/s1. The van der Waals surface area contributed by atoms with Crippen LogP contribution >= 0.6 is 0 Å². The Morgan fingerprint density at radius 3 is 2.57 bits per heavy atom. The van der Waals surface area contributed by atoms with E-state index in [-0.39, 0.29) is 24.3 Å². The van der Waals surface area contributed by atoms with Crippen LogP contribution < -0.4 is 21.1 Å². The average Bonchev–Trinajstić information content (AvgIpc) is 2.50. The van der Waals surface area contributed by atoms with Gasteiger partial charge in [-0.1, -0.05) is 19.9 Å². The Morgan fingerprint density at radius 1 is 1.33 bits per heavy atom. The molecule has 0 saturated carbocycles. The molecular weight excluding hydrogens is 272 g/mol. The zero-order valence-electron chi connectivity index (χ0n) is 12.6. The van der Waals surface area contributed by atoms with Gasteiger partial charge in [0.05, 0.1) is 19.7 Å². The molecule has 7 nitrogen and oxygen atoms in total. The highest BCUT2D eigenvalue weighted by atomic mass is 16.5. The number of ether oxygens (including phenoxy) is 1. The van der Waals surface area contributed by atoms with E-state index in [1.54, 1.807) is 18.3 Å². The molecular formula is C14H22N4O3. The maximum atomic E-state index is 11.6. The van der Waals surface area contributed by atoms with Crippen LogP contribution in [0.25, 0.3) is 0 Å². The van der Waals surface area contributed by atoms with Gasteiger partial charge in [0.1, 0.15) is 0 Å². The van der Waals surface area contributed by atoms with Gasteiger partial charge in [-0.25, -0.2) is 4.98 Å². The summed E-state index contributed by atoms with van der Waals surface area (Å²) in [5.41, 5.74) is 6.52. The molecule has 1 aromatic rings. The summed E-state index contributed by atoms with van der Waals surface area (Å²) in [5, 5.41) is 5.19. The van der Waals surface area contributed by atoms with Gasteiger partial charge in [0, 0.05) is 18.8 Å². The monoisotopic (exact) mass is 294 g/mol. The van der Waals surface area contributed by atoms with E-state index in [0.717, 1.165) is 5.56 Å². The van der Waals surface area contributed by atoms with Gasteiger partial charge in [0.2, 0.25) is 17.7 Å². The van der Waals surface area contributed by atoms with E-state index < -0.39 is 6.04 Å². The van der Waals surface area contributed by atoms with Crippen LogP contribution in [0.15, 0.2) is 18.3 Å². The lowest BCUT2D eigenvalue weighted by Gasteiger charge is -2.15. The Kier molecular flexibility index (Phi) is 6.61. The maximum Gasteiger partial charge on any atom is 0.239 e. The molecule has 0 aromatic carbocycles. The van der Waals surface area contributed by atoms with E-state index in [2.05, 4.69) is 15.6 Å². The van der Waals surface area contributed by atoms with Crippen LogP contribution in [0.1, 0.15) is 19.4 Å². The summed E-state index contributed by atoms with van der Waals surface area (Å²) in [4.78, 5) is 27.3. The molecule has 1 atom stereocenters. The molecule has 0 spiro atoms. The summed E-state index contributed by atoms with van der Waals surface area (Å²) in [7, 11) is 1.54. The van der Waals surface area contributed by atoms with Crippen LogP contribution in [0.2, 0.25) is 0 Å². The lowest BCUT2D eigenvalue weighted by atomic mass is 10.1. The van der Waals surface area contributed by atoms with Crippen molar-refractivity contribution in [3.63, 3.8) is 0 Å². The first-order chi connectivity index (χ1) is 9.93. The van der Waals surface area contributed by atoms with Crippen LogP contribution in [0.5, 0.6) is 5.88 Å². The van der Waals surface area contributed by atoms with Gasteiger partial charge in [0.25, 0.3) is 0 Å². The van der Waals surface area contributed by atoms with Crippen molar-refractivity contribution in [2.45, 2.75) is 26.4 Å². The molecule has 7 heteroatoms. The lowest BCUT2D eigenvalue weighted by molar-refractivity contribution is -0.127. The first-order valence-electron chi connectivity index (χ1n) is 6.73. The number of methoxy groups -OCH3 is 1. The van der Waals surface area contributed by atoms with Gasteiger partial charge >= 0.3 is 0 Å². The van der Waals surface area contributed by atoms with E-state index in [9.17, 15) is 9.59 Å². The number of carbonyl (C=O) groups is 2. The Labute approximate surface area is 124 Å². The first kappa shape index (κ1) is 16.9. The highest BCUT2D eigenvalue weighted by Gasteiger charge is 2.17. The van der Waals surface area contributed by atoms with E-state index in [1.165, 1.54) is 7.11 Å². The van der Waals surface area contributed by atoms with Crippen molar-refractivity contribution in [2.75, 3.05) is 13.7 Å². The molecule has 1 heterocycles. The third kappa shape index (κ3) is 5.78. The van der Waals surface area contributed by atoms with Crippen molar-refractivity contribution in [2.24, 2.45) is 11.7 Å². The number of nitrogens with zero attached hydrogens (tertiary/aromatic N) is 1. The molecule has 0 saturated heterocycles. The largest absolute Gasteiger partial charge is 0.481 e. The molecule has 0 fully saturated rings. The summed E-state index contributed by atoms with van der Waals surface area (Å²) in [5.74, 6) is -0.0696. The molecule has 1 rings (SSSR count). The quantitative estimate of drug-likeness (QED) is 0.646. The number of amides is 2. The van der Waals surface area contributed by atoms with Gasteiger partial charge in [0.15, 0.2) is 0 Å². The second-order valence-electron chi connectivity index (χ2n) is 4.97. The van der Waals surface area contributed by atoms with E-state index >= 15 is 0 Å². The maximum absolute atomic E-state index is 11.6. The molecule has 0 radical (unpaired) electrons. The number of rotatable bonds is 7. The van der Waals surface area contributed by atoms with Crippen LogP contribution in [-0.4, -0.2) is 36.5 Å². The fourth-order valence-electron chi connectivity index (χ4n) is 1.49. The van der Waals surface area contributed by atoms with E-state index in [0.29, 0.717) is 12.4 Å². The van der Waals surface area contributed by atoms with Crippen molar-refractivity contribution in [1.29, 1.82) is 0 Å². The van der Waals surface area contributed by atoms with E-state index in [1.807, 2.05) is 13.8 Å². The zero-order valence-corrected chi connectivity index (χ0v) is 12.6. The molecule has 0 aliphatic rings. The minimum atomic E-state index is -0.608. The molecule has 21 heavy (non-hydrogen) atoms.